The molecule has 0 radical (unpaired) electrons. The zero-order chi connectivity index (χ0) is 27.4. The quantitative estimate of drug-likeness (QED) is 0.302. The maximum atomic E-state index is 12.9. The molecule has 0 atom stereocenters. The standard InChI is InChI=1S/C27H28ClN5O4S2/c1-37-25-21(28)11-12-23-24(25)30-27(38-23)33-17-15-32(16-18-33)14-13-29-26(34)20-9-5-6-10-22(20)31-39(35,36)19-7-3-2-4-8-19/h2-12,31H,13-18H2,1H3,(H,29,34). The Hall–Kier alpha value is -3.38. The lowest BCUT2D eigenvalue weighted by molar-refractivity contribution is 0.0948. The van der Waals surface area contributed by atoms with Crippen LogP contribution in [0, 0.1) is 0 Å². The number of rotatable bonds is 9. The number of nitrogens with one attached hydrogen (secondary N) is 2. The molecule has 39 heavy (non-hydrogen) atoms. The van der Waals surface area contributed by atoms with Gasteiger partial charge in [0.1, 0.15) is 5.52 Å². The number of hydrogen-bond acceptors (Lipinski definition) is 8. The molecule has 204 valence electrons. The fraction of sp³-hybridized carbons (Fsp3) is 0.259. The van der Waals surface area contributed by atoms with Crippen molar-refractivity contribution < 1.29 is 17.9 Å². The molecule has 0 aliphatic carbocycles. The molecular weight excluding hydrogens is 558 g/mol. The van der Waals surface area contributed by atoms with E-state index in [-0.39, 0.29) is 22.1 Å². The van der Waals surface area contributed by atoms with Crippen molar-refractivity contribution in [2.75, 3.05) is 56.0 Å². The van der Waals surface area contributed by atoms with Crippen LogP contribution in [0.25, 0.3) is 10.2 Å². The van der Waals surface area contributed by atoms with Gasteiger partial charge in [0, 0.05) is 39.3 Å². The van der Waals surface area contributed by atoms with Gasteiger partial charge in [-0.3, -0.25) is 14.4 Å². The maximum Gasteiger partial charge on any atom is 0.261 e. The third-order valence-corrected chi connectivity index (χ3v) is 9.25. The number of sulfonamides is 1. The number of aromatic nitrogens is 1. The monoisotopic (exact) mass is 585 g/mol. The van der Waals surface area contributed by atoms with Crippen LogP contribution in [-0.2, 0) is 10.0 Å². The number of piperazine rings is 1. The summed E-state index contributed by atoms with van der Waals surface area (Å²) in [5, 5.41) is 4.41. The van der Waals surface area contributed by atoms with Gasteiger partial charge in [0.25, 0.3) is 15.9 Å². The lowest BCUT2D eigenvalue weighted by Crippen LogP contribution is -2.48. The number of halogens is 1. The SMILES string of the molecule is COc1c(Cl)ccc2sc(N3CCN(CCNC(=O)c4ccccc4NS(=O)(=O)c4ccccc4)CC3)nc12. The van der Waals surface area contributed by atoms with Crippen LogP contribution < -0.4 is 19.7 Å². The van der Waals surface area contributed by atoms with Gasteiger partial charge < -0.3 is 15.0 Å². The lowest BCUT2D eigenvalue weighted by Gasteiger charge is -2.34. The van der Waals surface area contributed by atoms with E-state index < -0.39 is 10.0 Å². The molecule has 2 heterocycles. The number of para-hydroxylation sites is 1. The van der Waals surface area contributed by atoms with Crippen molar-refractivity contribution in [2.45, 2.75) is 4.90 Å². The lowest BCUT2D eigenvalue weighted by atomic mass is 10.1. The number of hydrogen-bond donors (Lipinski definition) is 2. The number of thiazole rings is 1. The molecule has 0 unspecified atom stereocenters. The van der Waals surface area contributed by atoms with Crippen molar-refractivity contribution in [3.8, 4) is 5.75 Å². The minimum atomic E-state index is -3.81. The van der Waals surface area contributed by atoms with E-state index in [1.54, 1.807) is 60.9 Å². The summed E-state index contributed by atoms with van der Waals surface area (Å²) >= 11 is 7.87. The van der Waals surface area contributed by atoms with Crippen molar-refractivity contribution in [1.29, 1.82) is 0 Å². The zero-order valence-corrected chi connectivity index (χ0v) is 23.7. The number of carbonyl (C=O) groups excluding carboxylic acids is 1. The fourth-order valence-electron chi connectivity index (χ4n) is 4.42. The largest absolute Gasteiger partial charge is 0.493 e. The topological polar surface area (TPSA) is 104 Å². The van der Waals surface area contributed by atoms with Crippen LogP contribution in [0.3, 0.4) is 0 Å². The van der Waals surface area contributed by atoms with Crippen LogP contribution in [0.1, 0.15) is 10.4 Å². The number of ether oxygens (including phenoxy) is 1. The first-order chi connectivity index (χ1) is 18.9. The fourth-order valence-corrected chi connectivity index (χ4v) is 6.77. The van der Waals surface area contributed by atoms with Gasteiger partial charge in [-0.05, 0) is 36.4 Å². The van der Waals surface area contributed by atoms with Gasteiger partial charge in [0.15, 0.2) is 10.9 Å². The Morgan fingerprint density at radius 1 is 1.03 bits per heavy atom. The predicted molar refractivity (Wildman–Crippen MR) is 156 cm³/mol. The van der Waals surface area contributed by atoms with Crippen LogP contribution in [0.5, 0.6) is 5.75 Å². The van der Waals surface area contributed by atoms with E-state index >= 15 is 0 Å². The smallest absolute Gasteiger partial charge is 0.261 e. The van der Waals surface area contributed by atoms with E-state index in [0.29, 0.717) is 23.9 Å². The molecule has 3 aromatic carbocycles. The van der Waals surface area contributed by atoms with Crippen molar-refractivity contribution in [3.63, 3.8) is 0 Å². The molecule has 1 fully saturated rings. The molecule has 12 heteroatoms. The molecule has 5 rings (SSSR count). The minimum Gasteiger partial charge on any atom is -0.493 e. The number of carbonyl (C=O) groups is 1. The van der Waals surface area contributed by atoms with Crippen LogP contribution in [0.2, 0.25) is 5.02 Å². The van der Waals surface area contributed by atoms with Gasteiger partial charge in [0.2, 0.25) is 0 Å². The predicted octanol–water partition coefficient (Wildman–Crippen LogP) is 4.31. The Labute approximate surface area is 236 Å². The Kier molecular flexibility index (Phi) is 8.22. The molecule has 1 saturated heterocycles. The molecule has 0 bridgehead atoms. The molecule has 1 aliphatic rings. The number of amides is 1. The molecule has 0 saturated carbocycles. The van der Waals surface area contributed by atoms with Gasteiger partial charge >= 0.3 is 0 Å². The van der Waals surface area contributed by atoms with E-state index in [0.717, 1.165) is 41.5 Å². The third kappa shape index (κ3) is 6.11. The first kappa shape index (κ1) is 27.2. The molecule has 1 aliphatic heterocycles. The number of methoxy groups -OCH3 is 1. The summed E-state index contributed by atoms with van der Waals surface area (Å²) in [4.78, 5) is 22.4. The maximum absolute atomic E-state index is 12.9. The Morgan fingerprint density at radius 3 is 2.49 bits per heavy atom. The number of anilines is 2. The van der Waals surface area contributed by atoms with E-state index in [4.69, 9.17) is 21.3 Å². The first-order valence-electron chi connectivity index (χ1n) is 12.4. The normalized spacial score (nSPS) is 14.4. The third-order valence-electron chi connectivity index (χ3n) is 6.49. The van der Waals surface area contributed by atoms with Gasteiger partial charge in [-0.1, -0.05) is 53.3 Å². The molecular formula is C27H28ClN5O4S2. The van der Waals surface area contributed by atoms with Crippen molar-refractivity contribution in [3.05, 3.63) is 77.3 Å². The first-order valence-corrected chi connectivity index (χ1v) is 15.1. The highest BCUT2D eigenvalue weighted by Gasteiger charge is 2.22. The van der Waals surface area contributed by atoms with Crippen molar-refractivity contribution >= 4 is 59.9 Å². The van der Waals surface area contributed by atoms with Crippen molar-refractivity contribution in [1.82, 2.24) is 15.2 Å². The second-order valence-electron chi connectivity index (χ2n) is 8.97. The average Bonchev–Trinajstić information content (AvgIpc) is 3.38. The summed E-state index contributed by atoms with van der Waals surface area (Å²) in [5.41, 5.74) is 1.29. The molecule has 9 nitrogen and oxygen atoms in total. The van der Waals surface area contributed by atoms with Crippen LogP contribution in [0.15, 0.2) is 71.6 Å². The van der Waals surface area contributed by atoms with E-state index in [9.17, 15) is 13.2 Å². The number of benzene rings is 3. The van der Waals surface area contributed by atoms with Crippen LogP contribution >= 0.6 is 22.9 Å². The van der Waals surface area contributed by atoms with E-state index in [2.05, 4.69) is 19.8 Å². The summed E-state index contributed by atoms with van der Waals surface area (Å²) < 4.78 is 34.5. The van der Waals surface area contributed by atoms with Gasteiger partial charge in [-0.15, -0.1) is 0 Å². The Morgan fingerprint density at radius 2 is 1.74 bits per heavy atom. The molecule has 0 spiro atoms. The highest BCUT2D eigenvalue weighted by molar-refractivity contribution is 7.92. The summed E-state index contributed by atoms with van der Waals surface area (Å²) in [6.45, 7) is 4.41. The van der Waals surface area contributed by atoms with Crippen molar-refractivity contribution in [2.24, 2.45) is 0 Å². The molecule has 1 amide bonds. The Balaban J connectivity index is 1.14. The van der Waals surface area contributed by atoms with Gasteiger partial charge in [-0.2, -0.15) is 0 Å². The minimum absolute atomic E-state index is 0.133. The Bertz CT molecular complexity index is 1570. The second-order valence-corrected chi connectivity index (χ2v) is 12.1. The molecule has 2 N–H and O–H groups in total. The van der Waals surface area contributed by atoms with Crippen LogP contribution in [-0.4, -0.2) is 70.6 Å². The molecule has 1 aromatic heterocycles. The van der Waals surface area contributed by atoms with Gasteiger partial charge in [0.05, 0.1) is 33.0 Å². The zero-order valence-electron chi connectivity index (χ0n) is 21.3. The van der Waals surface area contributed by atoms with Gasteiger partial charge in [-0.25, -0.2) is 13.4 Å². The summed E-state index contributed by atoms with van der Waals surface area (Å²) in [6.07, 6.45) is 0. The number of fused-ring (bicyclic) bond motifs is 1. The number of nitrogens with zero attached hydrogens (tertiary/aromatic N) is 3. The second kappa shape index (κ2) is 11.8. The highest BCUT2D eigenvalue weighted by Crippen LogP contribution is 2.38. The average molecular weight is 586 g/mol. The molecule has 4 aromatic rings. The summed E-state index contributed by atoms with van der Waals surface area (Å²) in [5.74, 6) is 0.266. The van der Waals surface area contributed by atoms with Crippen LogP contribution in [0.4, 0.5) is 10.8 Å². The highest BCUT2D eigenvalue weighted by atomic mass is 35.5. The summed E-state index contributed by atoms with van der Waals surface area (Å²) in [7, 11) is -2.21. The van der Waals surface area contributed by atoms with E-state index in [1.165, 1.54) is 12.1 Å². The summed E-state index contributed by atoms with van der Waals surface area (Å²) in [6, 6.07) is 18.4. The van der Waals surface area contributed by atoms with E-state index in [1.807, 2.05) is 12.1 Å².